The predicted molar refractivity (Wildman–Crippen MR) is 119 cm³/mol. The summed E-state index contributed by atoms with van der Waals surface area (Å²) in [4.78, 5) is 9.48. The van der Waals surface area contributed by atoms with Gasteiger partial charge in [-0.25, -0.2) is 9.98 Å². The van der Waals surface area contributed by atoms with Crippen LogP contribution < -0.4 is 10.6 Å². The molecule has 4 aromatic rings. The second kappa shape index (κ2) is 9.26. The summed E-state index contributed by atoms with van der Waals surface area (Å²) in [6.07, 6.45) is 5.84. The fourth-order valence-corrected chi connectivity index (χ4v) is 3.40. The van der Waals surface area contributed by atoms with Gasteiger partial charge in [-0.05, 0) is 43.2 Å². The average molecular weight is 402 g/mol. The summed E-state index contributed by atoms with van der Waals surface area (Å²) in [5, 5.41) is 11.0. The molecule has 4 rings (SSSR count). The average Bonchev–Trinajstić information content (AvgIpc) is 3.41. The number of guanidine groups is 1. The first-order valence-electron chi connectivity index (χ1n) is 10.2. The van der Waals surface area contributed by atoms with Crippen molar-refractivity contribution in [3.63, 3.8) is 0 Å². The Bertz CT molecular complexity index is 1130. The van der Waals surface area contributed by atoms with Crippen LogP contribution in [0.1, 0.15) is 29.4 Å². The minimum Gasteiger partial charge on any atom is -0.357 e. The molecule has 0 saturated heterocycles. The number of benzene rings is 1. The molecule has 7 heteroatoms. The molecule has 0 amide bonds. The summed E-state index contributed by atoms with van der Waals surface area (Å²) < 4.78 is 4.03. The first kappa shape index (κ1) is 19.7. The van der Waals surface area contributed by atoms with Crippen molar-refractivity contribution in [2.75, 3.05) is 6.54 Å². The van der Waals surface area contributed by atoms with Gasteiger partial charge in [0.25, 0.3) is 0 Å². The predicted octanol–water partition coefficient (Wildman–Crippen LogP) is 3.14. The molecule has 7 nitrogen and oxygen atoms in total. The van der Waals surface area contributed by atoms with Crippen LogP contribution in [-0.4, -0.2) is 31.7 Å². The minimum absolute atomic E-state index is 0.594. The normalized spacial score (nSPS) is 11.7. The molecular formula is C23H27N7. The van der Waals surface area contributed by atoms with Gasteiger partial charge in [0.1, 0.15) is 5.65 Å². The number of nitrogens with one attached hydrogen (secondary N) is 2. The number of hydrogen-bond acceptors (Lipinski definition) is 3. The molecule has 0 aliphatic rings. The second-order valence-corrected chi connectivity index (χ2v) is 7.15. The maximum absolute atomic E-state index is 4.79. The highest BCUT2D eigenvalue weighted by molar-refractivity contribution is 5.79. The van der Waals surface area contributed by atoms with Gasteiger partial charge in [-0.15, -0.1) is 0 Å². The van der Waals surface area contributed by atoms with Crippen molar-refractivity contribution in [1.82, 2.24) is 29.8 Å². The molecule has 3 aromatic heterocycles. The van der Waals surface area contributed by atoms with Gasteiger partial charge in [0.2, 0.25) is 0 Å². The molecule has 3 heterocycles. The van der Waals surface area contributed by atoms with Gasteiger partial charge >= 0.3 is 0 Å². The second-order valence-electron chi connectivity index (χ2n) is 7.15. The largest absolute Gasteiger partial charge is 0.357 e. The lowest BCUT2D eigenvalue weighted by Gasteiger charge is -2.12. The van der Waals surface area contributed by atoms with E-state index in [-0.39, 0.29) is 0 Å². The Morgan fingerprint density at radius 1 is 1.03 bits per heavy atom. The van der Waals surface area contributed by atoms with E-state index < -0.39 is 0 Å². The van der Waals surface area contributed by atoms with Gasteiger partial charge in [0.15, 0.2) is 5.96 Å². The number of fused-ring (bicyclic) bond motifs is 1. The van der Waals surface area contributed by atoms with Crippen LogP contribution in [0.15, 0.2) is 72.1 Å². The highest BCUT2D eigenvalue weighted by atomic mass is 15.3. The van der Waals surface area contributed by atoms with Gasteiger partial charge in [0.05, 0.1) is 25.3 Å². The van der Waals surface area contributed by atoms with Crippen molar-refractivity contribution in [1.29, 1.82) is 0 Å². The highest BCUT2D eigenvalue weighted by Gasteiger charge is 2.06. The molecule has 0 unspecified atom stereocenters. The fourth-order valence-electron chi connectivity index (χ4n) is 3.40. The number of nitrogens with zero attached hydrogens (tertiary/aromatic N) is 5. The van der Waals surface area contributed by atoms with Crippen LogP contribution in [0.3, 0.4) is 0 Å². The molecule has 0 saturated carbocycles. The summed E-state index contributed by atoms with van der Waals surface area (Å²) in [5.74, 6) is 0.778. The van der Waals surface area contributed by atoms with Crippen molar-refractivity contribution in [3.05, 3.63) is 89.6 Å². The Balaban J connectivity index is 1.45. The summed E-state index contributed by atoms with van der Waals surface area (Å²) in [7, 11) is 0. The zero-order chi connectivity index (χ0) is 20.8. The van der Waals surface area contributed by atoms with Crippen LogP contribution in [0.2, 0.25) is 0 Å². The summed E-state index contributed by atoms with van der Waals surface area (Å²) in [6.45, 7) is 6.89. The van der Waals surface area contributed by atoms with Crippen molar-refractivity contribution in [3.8, 4) is 0 Å². The van der Waals surface area contributed by atoms with E-state index >= 15 is 0 Å². The third-order valence-corrected chi connectivity index (χ3v) is 4.94. The van der Waals surface area contributed by atoms with Gasteiger partial charge in [-0.2, -0.15) is 5.10 Å². The van der Waals surface area contributed by atoms with E-state index in [0.29, 0.717) is 13.1 Å². The van der Waals surface area contributed by atoms with E-state index in [1.165, 1.54) is 16.8 Å². The van der Waals surface area contributed by atoms with Gasteiger partial charge in [-0.1, -0.05) is 30.3 Å². The molecule has 154 valence electrons. The van der Waals surface area contributed by atoms with Crippen molar-refractivity contribution in [2.24, 2.45) is 4.99 Å². The Morgan fingerprint density at radius 2 is 1.90 bits per heavy atom. The Morgan fingerprint density at radius 3 is 2.67 bits per heavy atom. The Hall–Kier alpha value is -3.61. The molecule has 0 aliphatic heterocycles. The Kier molecular flexibility index (Phi) is 6.08. The van der Waals surface area contributed by atoms with Crippen LogP contribution in [0, 0.1) is 6.92 Å². The van der Waals surface area contributed by atoms with Gasteiger partial charge in [0, 0.05) is 30.8 Å². The molecule has 2 N–H and O–H groups in total. The lowest BCUT2D eigenvalue weighted by atomic mass is 10.1. The number of aryl methyl sites for hydroxylation is 1. The number of rotatable bonds is 7. The quantitative estimate of drug-likeness (QED) is 0.369. The van der Waals surface area contributed by atoms with E-state index in [2.05, 4.69) is 75.5 Å². The molecule has 0 radical (unpaired) electrons. The van der Waals surface area contributed by atoms with Crippen LogP contribution in [-0.2, 0) is 19.6 Å². The lowest BCUT2D eigenvalue weighted by Crippen LogP contribution is -2.36. The van der Waals surface area contributed by atoms with E-state index in [4.69, 9.17) is 4.99 Å². The third kappa shape index (κ3) is 4.68. The van der Waals surface area contributed by atoms with Crippen molar-refractivity contribution >= 4 is 11.6 Å². The van der Waals surface area contributed by atoms with E-state index in [0.717, 1.165) is 30.4 Å². The summed E-state index contributed by atoms with van der Waals surface area (Å²) in [6, 6.07) is 16.4. The van der Waals surface area contributed by atoms with Gasteiger partial charge in [-0.3, -0.25) is 4.68 Å². The SMILES string of the molecule is CCNC(=NCc1ccccc1Cn1cccn1)NCc1cn2c(C)cccc2n1. The maximum atomic E-state index is 4.79. The topological polar surface area (TPSA) is 71.5 Å². The molecule has 0 bridgehead atoms. The zero-order valence-corrected chi connectivity index (χ0v) is 17.4. The molecule has 0 fully saturated rings. The maximum Gasteiger partial charge on any atom is 0.191 e. The Labute approximate surface area is 176 Å². The summed E-state index contributed by atoms with van der Waals surface area (Å²) >= 11 is 0. The molecule has 30 heavy (non-hydrogen) atoms. The first-order valence-corrected chi connectivity index (χ1v) is 10.2. The lowest BCUT2D eigenvalue weighted by molar-refractivity contribution is 0.680. The highest BCUT2D eigenvalue weighted by Crippen LogP contribution is 2.12. The number of aromatic nitrogens is 4. The smallest absolute Gasteiger partial charge is 0.191 e. The molecule has 0 spiro atoms. The number of aliphatic imine (C=N–C) groups is 1. The first-order chi connectivity index (χ1) is 14.7. The minimum atomic E-state index is 0.594. The molecule has 1 aromatic carbocycles. The van der Waals surface area contributed by atoms with E-state index in [1.807, 2.05) is 29.1 Å². The third-order valence-electron chi connectivity index (χ3n) is 4.94. The molecule has 0 atom stereocenters. The fraction of sp³-hybridized carbons (Fsp3) is 0.261. The van der Waals surface area contributed by atoms with E-state index in [9.17, 15) is 0 Å². The van der Waals surface area contributed by atoms with Crippen molar-refractivity contribution < 1.29 is 0 Å². The van der Waals surface area contributed by atoms with Crippen molar-refractivity contribution in [2.45, 2.75) is 33.5 Å². The monoisotopic (exact) mass is 401 g/mol. The zero-order valence-electron chi connectivity index (χ0n) is 17.4. The van der Waals surface area contributed by atoms with Crippen LogP contribution in [0.5, 0.6) is 0 Å². The summed E-state index contributed by atoms with van der Waals surface area (Å²) in [5.41, 5.74) is 5.51. The van der Waals surface area contributed by atoms with Crippen LogP contribution in [0.4, 0.5) is 0 Å². The van der Waals surface area contributed by atoms with Crippen LogP contribution in [0.25, 0.3) is 5.65 Å². The number of hydrogen-bond donors (Lipinski definition) is 2. The number of pyridine rings is 1. The van der Waals surface area contributed by atoms with E-state index in [1.54, 1.807) is 6.20 Å². The molecule has 0 aliphatic carbocycles. The van der Waals surface area contributed by atoms with Gasteiger partial charge < -0.3 is 15.0 Å². The van der Waals surface area contributed by atoms with Crippen LogP contribution >= 0.6 is 0 Å². The molecular weight excluding hydrogens is 374 g/mol. The standard InChI is InChI=1S/C23H27N7/c1-3-24-23(26-15-21-17-30-18(2)8-6-11-22(30)28-21)25-14-19-9-4-5-10-20(19)16-29-13-7-12-27-29/h4-13,17H,3,14-16H2,1-2H3,(H2,24,25,26). The number of imidazole rings is 1.